The molecule has 13 heteroatoms. The SMILES string of the molecule is C[C@@H]1CN(C(=O)c2nn(C)cc2-c2ccc(Cl)cn2)C(CNc2cnc(C(F)(F)F)cn2)[C@H](C)O1. The van der Waals surface area contributed by atoms with E-state index in [2.05, 4.69) is 25.4 Å². The molecule has 4 heterocycles. The Balaban J connectivity index is 1.57. The first-order chi connectivity index (χ1) is 16.5. The summed E-state index contributed by atoms with van der Waals surface area (Å²) in [5.74, 6) is -0.162. The van der Waals surface area contributed by atoms with Gasteiger partial charge in [-0.25, -0.2) is 9.97 Å². The molecule has 9 nitrogen and oxygen atoms in total. The van der Waals surface area contributed by atoms with Gasteiger partial charge in [0, 0.05) is 32.5 Å². The number of nitrogens with zero attached hydrogens (tertiary/aromatic N) is 6. The van der Waals surface area contributed by atoms with E-state index in [9.17, 15) is 18.0 Å². The van der Waals surface area contributed by atoms with Gasteiger partial charge in [0.15, 0.2) is 11.4 Å². The van der Waals surface area contributed by atoms with Crippen LogP contribution in [0.15, 0.2) is 36.9 Å². The highest BCUT2D eigenvalue weighted by Crippen LogP contribution is 2.28. The monoisotopic (exact) mass is 509 g/mol. The first kappa shape index (κ1) is 24.9. The average Bonchev–Trinajstić information content (AvgIpc) is 3.19. The van der Waals surface area contributed by atoms with Crippen molar-refractivity contribution in [1.29, 1.82) is 0 Å². The molecule has 1 aliphatic heterocycles. The molecule has 3 atom stereocenters. The third-order valence-corrected chi connectivity index (χ3v) is 5.80. The van der Waals surface area contributed by atoms with E-state index in [-0.39, 0.29) is 36.2 Å². The van der Waals surface area contributed by atoms with Gasteiger partial charge < -0.3 is 15.0 Å². The standard InChI is InChI=1S/C22H23ClF3N7O2/c1-12-10-33(21(34)20-15(11-32(3)31-20)16-5-4-14(23)6-27-16)17(13(2)35-12)7-29-19-9-28-18(8-30-19)22(24,25)26/h4-6,8-9,11-13,17H,7,10H2,1-3H3,(H,29,30)/t12-,13+,17?/m1/s1. The quantitative estimate of drug-likeness (QED) is 0.560. The van der Waals surface area contributed by atoms with Crippen molar-refractivity contribution in [3.05, 3.63) is 53.3 Å². The van der Waals surface area contributed by atoms with Gasteiger partial charge in [0.2, 0.25) is 0 Å². The number of hydrogen-bond donors (Lipinski definition) is 1. The van der Waals surface area contributed by atoms with Crippen LogP contribution in [0.5, 0.6) is 0 Å². The van der Waals surface area contributed by atoms with E-state index in [4.69, 9.17) is 16.3 Å². The minimum atomic E-state index is -4.57. The number of rotatable bonds is 5. The molecule has 0 saturated carbocycles. The molecule has 1 aliphatic rings. The summed E-state index contributed by atoms with van der Waals surface area (Å²) >= 11 is 5.95. The van der Waals surface area contributed by atoms with E-state index in [0.29, 0.717) is 29.0 Å². The van der Waals surface area contributed by atoms with Crippen LogP contribution >= 0.6 is 11.6 Å². The molecule has 186 valence electrons. The van der Waals surface area contributed by atoms with Crippen LogP contribution in [-0.4, -0.2) is 66.9 Å². The van der Waals surface area contributed by atoms with Crippen LogP contribution in [-0.2, 0) is 18.0 Å². The maximum atomic E-state index is 13.7. The first-order valence-corrected chi connectivity index (χ1v) is 11.2. The number of ether oxygens (including phenoxy) is 1. The number of alkyl halides is 3. The van der Waals surface area contributed by atoms with E-state index in [1.54, 1.807) is 30.3 Å². The maximum Gasteiger partial charge on any atom is 0.434 e. The molecule has 0 radical (unpaired) electrons. The number of carbonyl (C=O) groups is 1. The fraction of sp³-hybridized carbons (Fsp3) is 0.409. The van der Waals surface area contributed by atoms with Crippen molar-refractivity contribution in [2.75, 3.05) is 18.4 Å². The Morgan fingerprint density at radius 3 is 2.60 bits per heavy atom. The Labute approximate surface area is 204 Å². The molecule has 0 aromatic carbocycles. The summed E-state index contributed by atoms with van der Waals surface area (Å²) in [4.78, 5) is 26.9. The fourth-order valence-electron chi connectivity index (χ4n) is 3.96. The van der Waals surface area contributed by atoms with Crippen LogP contribution in [0.4, 0.5) is 19.0 Å². The Bertz CT molecular complexity index is 1190. The second kappa shape index (κ2) is 9.78. The van der Waals surface area contributed by atoms with Gasteiger partial charge in [-0.1, -0.05) is 11.6 Å². The number of carbonyl (C=O) groups excluding carboxylic acids is 1. The molecule has 35 heavy (non-hydrogen) atoms. The fourth-order valence-corrected chi connectivity index (χ4v) is 4.07. The molecule has 4 rings (SSSR count). The van der Waals surface area contributed by atoms with Gasteiger partial charge in [0.1, 0.15) is 5.82 Å². The highest BCUT2D eigenvalue weighted by molar-refractivity contribution is 6.30. The lowest BCUT2D eigenvalue weighted by Crippen LogP contribution is -2.58. The second-order valence-corrected chi connectivity index (χ2v) is 8.71. The zero-order chi connectivity index (χ0) is 25.3. The third-order valence-electron chi connectivity index (χ3n) is 5.57. The number of aryl methyl sites for hydroxylation is 1. The molecule has 1 unspecified atom stereocenters. The smallest absolute Gasteiger partial charge is 0.372 e. The largest absolute Gasteiger partial charge is 0.434 e. The lowest BCUT2D eigenvalue weighted by Gasteiger charge is -2.42. The van der Waals surface area contributed by atoms with Crippen LogP contribution < -0.4 is 5.32 Å². The molecule has 3 aromatic rings. The van der Waals surface area contributed by atoms with Gasteiger partial charge in [-0.3, -0.25) is 14.5 Å². The van der Waals surface area contributed by atoms with Gasteiger partial charge in [0.25, 0.3) is 5.91 Å². The molecule has 0 bridgehead atoms. The maximum absolute atomic E-state index is 13.7. The van der Waals surface area contributed by atoms with Gasteiger partial charge in [-0.15, -0.1) is 0 Å². The predicted molar refractivity (Wildman–Crippen MR) is 122 cm³/mol. The highest BCUT2D eigenvalue weighted by atomic mass is 35.5. The van der Waals surface area contributed by atoms with E-state index in [1.807, 2.05) is 13.8 Å². The minimum Gasteiger partial charge on any atom is -0.372 e. The van der Waals surface area contributed by atoms with Crippen LogP contribution in [0.3, 0.4) is 0 Å². The van der Waals surface area contributed by atoms with E-state index in [0.717, 1.165) is 6.20 Å². The molecule has 0 aliphatic carbocycles. The normalized spacial score (nSPS) is 20.7. The summed E-state index contributed by atoms with van der Waals surface area (Å²) in [6, 6.07) is 2.95. The molecule has 1 N–H and O–H groups in total. The average molecular weight is 510 g/mol. The Morgan fingerprint density at radius 1 is 1.20 bits per heavy atom. The number of halogens is 4. The zero-order valence-electron chi connectivity index (χ0n) is 19.1. The van der Waals surface area contributed by atoms with Gasteiger partial charge >= 0.3 is 6.18 Å². The number of amides is 1. The number of hydrogen-bond acceptors (Lipinski definition) is 7. The van der Waals surface area contributed by atoms with Crippen molar-refractivity contribution in [2.24, 2.45) is 7.05 Å². The van der Waals surface area contributed by atoms with Crippen molar-refractivity contribution in [2.45, 2.75) is 38.3 Å². The molecule has 1 amide bonds. The molecule has 1 fully saturated rings. The highest BCUT2D eigenvalue weighted by Gasteiger charge is 2.38. The Morgan fingerprint density at radius 2 is 1.97 bits per heavy atom. The summed E-state index contributed by atoms with van der Waals surface area (Å²) in [5.41, 5.74) is 0.251. The number of aromatic nitrogens is 5. The molecule has 3 aromatic heterocycles. The lowest BCUT2D eigenvalue weighted by atomic mass is 10.0. The molecule has 0 spiro atoms. The topological polar surface area (TPSA) is 98.1 Å². The number of anilines is 1. The van der Waals surface area contributed by atoms with E-state index >= 15 is 0 Å². The van der Waals surface area contributed by atoms with Crippen molar-refractivity contribution >= 4 is 23.3 Å². The van der Waals surface area contributed by atoms with Crippen LogP contribution in [0, 0.1) is 0 Å². The third kappa shape index (κ3) is 5.54. The van der Waals surface area contributed by atoms with Crippen LogP contribution in [0.1, 0.15) is 30.0 Å². The number of pyridine rings is 1. The zero-order valence-corrected chi connectivity index (χ0v) is 19.9. The first-order valence-electron chi connectivity index (χ1n) is 10.8. The summed E-state index contributed by atoms with van der Waals surface area (Å²) in [7, 11) is 1.71. The summed E-state index contributed by atoms with van der Waals surface area (Å²) in [6.45, 7) is 4.18. The van der Waals surface area contributed by atoms with E-state index < -0.39 is 17.9 Å². The lowest BCUT2D eigenvalue weighted by molar-refractivity contribution is -0.141. The van der Waals surface area contributed by atoms with Gasteiger partial charge in [-0.2, -0.15) is 18.3 Å². The summed E-state index contributed by atoms with van der Waals surface area (Å²) in [6.07, 6.45) is -0.287. The van der Waals surface area contributed by atoms with Crippen molar-refractivity contribution < 1.29 is 22.7 Å². The molecular weight excluding hydrogens is 487 g/mol. The van der Waals surface area contributed by atoms with Crippen LogP contribution in [0.25, 0.3) is 11.3 Å². The molecule has 1 saturated heterocycles. The predicted octanol–water partition coefficient (Wildman–Crippen LogP) is 3.67. The second-order valence-electron chi connectivity index (χ2n) is 8.27. The summed E-state index contributed by atoms with van der Waals surface area (Å²) in [5, 5.41) is 7.82. The number of morpholine rings is 1. The Kier molecular flexibility index (Phi) is 6.95. The molecular formula is C22H23ClF3N7O2. The van der Waals surface area contributed by atoms with Crippen LogP contribution in [0.2, 0.25) is 5.02 Å². The van der Waals surface area contributed by atoms with Gasteiger partial charge in [-0.05, 0) is 26.0 Å². The Hall–Kier alpha value is -3.25. The summed E-state index contributed by atoms with van der Waals surface area (Å²) < 4.78 is 45.7. The van der Waals surface area contributed by atoms with Gasteiger partial charge in [0.05, 0.1) is 46.9 Å². The number of nitrogens with one attached hydrogen (secondary N) is 1. The van der Waals surface area contributed by atoms with Crippen molar-refractivity contribution in [3.8, 4) is 11.3 Å². The van der Waals surface area contributed by atoms with E-state index in [1.165, 1.54) is 10.9 Å². The minimum absolute atomic E-state index is 0.153. The van der Waals surface area contributed by atoms with Crippen molar-refractivity contribution in [1.82, 2.24) is 29.6 Å². The van der Waals surface area contributed by atoms with Crippen molar-refractivity contribution in [3.63, 3.8) is 0 Å².